The Morgan fingerprint density at radius 2 is 2.06 bits per heavy atom. The zero-order chi connectivity index (χ0) is 22.9. The van der Waals surface area contributed by atoms with Crippen molar-refractivity contribution in [3.8, 4) is 5.75 Å². The Hall–Kier alpha value is -0.950. The van der Waals surface area contributed by atoms with Crippen LogP contribution in [-0.4, -0.2) is 67.9 Å². The molecule has 6 rings (SSSR count). The van der Waals surface area contributed by atoms with E-state index in [4.69, 9.17) is 4.74 Å². The van der Waals surface area contributed by atoms with Crippen LogP contribution < -0.4 is 36.3 Å². The van der Waals surface area contributed by atoms with Crippen LogP contribution in [-0.2, 0) is 5.54 Å². The number of anilines is 1. The van der Waals surface area contributed by atoms with Crippen molar-refractivity contribution in [3.63, 3.8) is 0 Å². The average Bonchev–Trinajstić information content (AvgIpc) is 3.56. The summed E-state index contributed by atoms with van der Waals surface area (Å²) in [7, 11) is 2.08. The Bertz CT molecular complexity index is 1190. The second-order valence-corrected chi connectivity index (χ2v) is 14.2. The topological polar surface area (TPSA) is 54.8 Å². The van der Waals surface area contributed by atoms with Gasteiger partial charge in [-0.1, -0.05) is 0 Å². The van der Waals surface area contributed by atoms with Crippen LogP contribution in [0.1, 0.15) is 29.6 Å². The molecule has 6 nitrogen and oxygen atoms in total. The van der Waals surface area contributed by atoms with Gasteiger partial charge in [0.05, 0.1) is 0 Å². The number of pyridine rings is 1. The van der Waals surface area contributed by atoms with Gasteiger partial charge in [0.15, 0.2) is 0 Å². The van der Waals surface area contributed by atoms with Gasteiger partial charge in [0.25, 0.3) is 0 Å². The van der Waals surface area contributed by atoms with Crippen molar-refractivity contribution >= 4 is 45.5 Å². The quantitative estimate of drug-likeness (QED) is 0.251. The van der Waals surface area contributed by atoms with Gasteiger partial charge in [0, 0.05) is 0 Å². The molecular weight excluding hydrogens is 651 g/mol. The van der Waals surface area contributed by atoms with E-state index in [2.05, 4.69) is 44.0 Å². The first-order valence-corrected chi connectivity index (χ1v) is 15.9. The Balaban J connectivity index is 1.59. The standard InChI is InChI=1S/C24H27FI2N3O3/c1-28-6-8-29(9-7-28)20-17(25)10-15-19-22(20)33-23(16(11-26)18-2-5-27-18)24(3-4-24)30(19)12-14(13-31)21(15)32/h10,12-13,16,18,23H,2-9,11H2,1H3/q-1. The number of halogens is 3. The summed E-state index contributed by atoms with van der Waals surface area (Å²) in [6.45, 7) is 3.13. The molecule has 4 heterocycles. The van der Waals surface area contributed by atoms with E-state index in [1.807, 2.05) is 0 Å². The number of alkyl halides is 3. The number of piperazine rings is 1. The first-order chi connectivity index (χ1) is 16.0. The summed E-state index contributed by atoms with van der Waals surface area (Å²) in [6.07, 6.45) is 5.49. The van der Waals surface area contributed by atoms with E-state index in [0.717, 1.165) is 34.3 Å². The van der Waals surface area contributed by atoms with Crippen LogP contribution in [0.15, 0.2) is 17.1 Å². The summed E-state index contributed by atoms with van der Waals surface area (Å²) >= 11 is 2.67. The average molecular weight is 678 g/mol. The Kier molecular flexibility index (Phi) is 5.68. The van der Waals surface area contributed by atoms with Crippen molar-refractivity contribution in [2.24, 2.45) is 5.92 Å². The van der Waals surface area contributed by atoms with E-state index in [-0.39, 0.29) is 43.8 Å². The minimum absolute atomic E-state index is 0.0508. The number of carbonyl (C=O) groups is 1. The summed E-state index contributed by atoms with van der Waals surface area (Å²) < 4.78 is 27.8. The van der Waals surface area contributed by atoms with Crippen LogP contribution >= 0.6 is 22.6 Å². The number of aromatic nitrogens is 1. The molecule has 9 heteroatoms. The van der Waals surface area contributed by atoms with Crippen LogP contribution in [0.2, 0.25) is 0 Å². The van der Waals surface area contributed by atoms with Crippen LogP contribution in [0.3, 0.4) is 0 Å². The molecule has 178 valence electrons. The van der Waals surface area contributed by atoms with E-state index < -0.39 is 11.2 Å². The minimum atomic E-state index is -0.429. The summed E-state index contributed by atoms with van der Waals surface area (Å²) in [5, 5.41) is 0.261. The molecule has 33 heavy (non-hydrogen) atoms. The van der Waals surface area contributed by atoms with E-state index in [1.54, 1.807) is 6.20 Å². The fourth-order valence-electron chi connectivity index (χ4n) is 5.75. The predicted octanol–water partition coefficient (Wildman–Crippen LogP) is -0.132. The zero-order valence-corrected chi connectivity index (χ0v) is 22.8. The number of benzene rings is 1. The molecule has 3 atom stereocenters. The molecule has 1 aliphatic carbocycles. The Morgan fingerprint density at radius 1 is 1.33 bits per heavy atom. The van der Waals surface area contributed by atoms with Gasteiger partial charge in [0.1, 0.15) is 0 Å². The maximum atomic E-state index is 15.7. The molecule has 0 radical (unpaired) electrons. The molecule has 0 bridgehead atoms. The molecule has 1 saturated carbocycles. The number of hydrogen-bond acceptors (Lipinski definition) is 5. The van der Waals surface area contributed by atoms with Crippen molar-refractivity contribution < 1.29 is 35.1 Å². The predicted molar refractivity (Wildman–Crippen MR) is 131 cm³/mol. The van der Waals surface area contributed by atoms with Gasteiger partial charge in [-0.05, 0) is 0 Å². The van der Waals surface area contributed by atoms with Crippen LogP contribution in [0.5, 0.6) is 5.75 Å². The molecule has 3 unspecified atom stereocenters. The third-order valence-corrected chi connectivity index (χ3v) is 12.8. The number of carbonyl (C=O) groups excluding carboxylic acids is 1. The molecule has 1 aromatic heterocycles. The Morgan fingerprint density at radius 3 is 2.64 bits per heavy atom. The third kappa shape index (κ3) is 3.38. The SMILES string of the molecule is CN1CCN(c2c(F)cc3c(=O)c(C=O)cn4c3c2OC(C(CI)C2CC[I-]2)C42CC2)CC1. The molecular formula is C24H27FI2N3O3-. The van der Waals surface area contributed by atoms with Gasteiger partial charge in [-0.3, -0.25) is 0 Å². The van der Waals surface area contributed by atoms with Crippen molar-refractivity contribution in [1.82, 2.24) is 9.47 Å². The van der Waals surface area contributed by atoms with E-state index in [1.165, 1.54) is 16.9 Å². The molecule has 0 N–H and O–H groups in total. The third-order valence-electron chi connectivity index (χ3n) is 7.89. The zero-order valence-electron chi connectivity index (χ0n) is 18.5. The number of rotatable bonds is 5. The van der Waals surface area contributed by atoms with Gasteiger partial charge >= 0.3 is 217 Å². The fourth-order valence-corrected chi connectivity index (χ4v) is 10.4. The van der Waals surface area contributed by atoms with E-state index >= 15 is 4.39 Å². The van der Waals surface area contributed by atoms with Gasteiger partial charge in [-0.25, -0.2) is 0 Å². The number of hydrogen-bond donors (Lipinski definition) is 0. The maximum absolute atomic E-state index is 15.7. The van der Waals surface area contributed by atoms with Crippen molar-refractivity contribution in [2.75, 3.05) is 47.0 Å². The summed E-state index contributed by atoms with van der Waals surface area (Å²) in [4.78, 5) is 29.2. The molecule has 3 aliphatic heterocycles. The second-order valence-electron chi connectivity index (χ2n) is 9.73. The number of aldehydes is 1. The summed E-state index contributed by atoms with van der Waals surface area (Å²) in [5.41, 5.74) is 0.621. The van der Waals surface area contributed by atoms with Crippen molar-refractivity contribution in [3.05, 3.63) is 33.9 Å². The second kappa shape index (κ2) is 8.32. The summed E-state index contributed by atoms with van der Waals surface area (Å²) in [5.74, 6) is 0.501. The van der Waals surface area contributed by atoms with Crippen LogP contribution in [0.25, 0.3) is 10.9 Å². The van der Waals surface area contributed by atoms with Gasteiger partial charge in [-0.2, -0.15) is 0 Å². The Labute approximate surface area is 216 Å². The number of fused-ring (bicyclic) bond motifs is 1. The van der Waals surface area contributed by atoms with E-state index in [0.29, 0.717) is 42.2 Å². The normalized spacial score (nSPS) is 26.9. The molecule has 1 spiro atoms. The summed E-state index contributed by atoms with van der Waals surface area (Å²) in [6, 6.07) is 1.34. The van der Waals surface area contributed by atoms with Crippen LogP contribution in [0.4, 0.5) is 10.1 Å². The number of likely N-dealkylation sites (N-methyl/N-ethyl adjacent to an activating group) is 1. The van der Waals surface area contributed by atoms with Gasteiger partial charge < -0.3 is 0 Å². The molecule has 2 aromatic rings. The van der Waals surface area contributed by atoms with Gasteiger partial charge in [0.2, 0.25) is 0 Å². The number of ether oxygens (including phenoxy) is 1. The molecule has 4 aliphatic rings. The van der Waals surface area contributed by atoms with E-state index in [9.17, 15) is 9.59 Å². The first kappa shape index (κ1) is 22.5. The van der Waals surface area contributed by atoms with Crippen molar-refractivity contribution in [2.45, 2.75) is 34.8 Å². The first-order valence-electron chi connectivity index (χ1n) is 11.6. The van der Waals surface area contributed by atoms with Crippen molar-refractivity contribution in [1.29, 1.82) is 0 Å². The van der Waals surface area contributed by atoms with Gasteiger partial charge in [-0.15, -0.1) is 0 Å². The fraction of sp³-hybridized carbons (Fsp3) is 0.583. The molecule has 2 saturated heterocycles. The monoisotopic (exact) mass is 678 g/mol. The molecule has 1 aromatic carbocycles. The van der Waals surface area contributed by atoms with Crippen LogP contribution in [0, 0.1) is 11.7 Å². The number of nitrogens with zero attached hydrogens (tertiary/aromatic N) is 3. The molecule has 3 fully saturated rings. The molecule has 0 amide bonds.